The zero-order valence-electron chi connectivity index (χ0n) is 10.8. The molecular formula is C13H20N4. The van der Waals surface area contributed by atoms with Gasteiger partial charge in [0.05, 0.1) is 18.1 Å². The predicted molar refractivity (Wildman–Crippen MR) is 66.6 cm³/mol. The molecular weight excluding hydrogens is 212 g/mol. The highest BCUT2D eigenvalue weighted by Crippen LogP contribution is 2.38. The fraction of sp³-hybridized carbons (Fsp3) is 0.692. The van der Waals surface area contributed by atoms with Crippen molar-refractivity contribution in [2.45, 2.75) is 51.6 Å². The standard InChI is InChI=1S/C13H20N4/c1-4-16-13(8-14)6-5-12(7-13)17-9-15-10(2)11(17)3/h9,12,16H,4-7H2,1-3H3. The van der Waals surface area contributed by atoms with E-state index < -0.39 is 0 Å². The number of nitrogens with one attached hydrogen (secondary N) is 1. The van der Waals surface area contributed by atoms with Crippen molar-refractivity contribution in [2.75, 3.05) is 6.54 Å². The summed E-state index contributed by atoms with van der Waals surface area (Å²) in [6.45, 7) is 7.03. The number of nitriles is 1. The van der Waals surface area contributed by atoms with E-state index in [1.165, 1.54) is 5.69 Å². The number of imidazole rings is 1. The fourth-order valence-corrected chi connectivity index (χ4v) is 2.78. The van der Waals surface area contributed by atoms with E-state index in [2.05, 4.69) is 34.8 Å². The summed E-state index contributed by atoms with van der Waals surface area (Å²) in [6, 6.07) is 2.87. The molecule has 1 aliphatic carbocycles. The highest BCUT2D eigenvalue weighted by Gasteiger charge is 2.39. The van der Waals surface area contributed by atoms with Crippen molar-refractivity contribution in [3.63, 3.8) is 0 Å². The molecule has 0 saturated heterocycles. The first-order valence-corrected chi connectivity index (χ1v) is 6.28. The largest absolute Gasteiger partial charge is 0.331 e. The quantitative estimate of drug-likeness (QED) is 0.868. The van der Waals surface area contributed by atoms with Gasteiger partial charge in [0.1, 0.15) is 5.54 Å². The van der Waals surface area contributed by atoms with E-state index in [0.29, 0.717) is 6.04 Å². The molecule has 0 aromatic carbocycles. The molecule has 0 amide bonds. The molecule has 92 valence electrons. The molecule has 0 radical (unpaired) electrons. The van der Waals surface area contributed by atoms with E-state index in [9.17, 15) is 5.26 Å². The van der Waals surface area contributed by atoms with E-state index in [1.807, 2.05) is 13.3 Å². The third-order valence-corrected chi connectivity index (χ3v) is 3.90. The lowest BCUT2D eigenvalue weighted by Crippen LogP contribution is -2.41. The Morgan fingerprint density at radius 3 is 2.94 bits per heavy atom. The summed E-state index contributed by atoms with van der Waals surface area (Å²) in [5.74, 6) is 0. The number of hydrogen-bond acceptors (Lipinski definition) is 3. The summed E-state index contributed by atoms with van der Waals surface area (Å²) < 4.78 is 2.23. The van der Waals surface area contributed by atoms with E-state index in [0.717, 1.165) is 31.5 Å². The highest BCUT2D eigenvalue weighted by atomic mass is 15.1. The van der Waals surface area contributed by atoms with E-state index in [1.54, 1.807) is 0 Å². The second-order valence-electron chi connectivity index (χ2n) is 4.94. The first-order valence-electron chi connectivity index (χ1n) is 6.28. The summed E-state index contributed by atoms with van der Waals surface area (Å²) in [6.07, 6.45) is 4.78. The smallest absolute Gasteiger partial charge is 0.108 e. The van der Waals surface area contributed by atoms with E-state index in [4.69, 9.17) is 0 Å². The van der Waals surface area contributed by atoms with Crippen LogP contribution in [-0.4, -0.2) is 21.6 Å². The summed E-state index contributed by atoms with van der Waals surface area (Å²) in [5.41, 5.74) is 1.98. The Labute approximate surface area is 103 Å². The number of hydrogen-bond donors (Lipinski definition) is 1. The number of aryl methyl sites for hydroxylation is 1. The van der Waals surface area contributed by atoms with Crippen LogP contribution in [-0.2, 0) is 0 Å². The average molecular weight is 232 g/mol. The van der Waals surface area contributed by atoms with Gasteiger partial charge in [-0.2, -0.15) is 5.26 Å². The molecule has 0 aliphatic heterocycles. The first-order chi connectivity index (χ1) is 8.12. The maximum Gasteiger partial charge on any atom is 0.108 e. The zero-order chi connectivity index (χ0) is 12.5. The number of nitrogens with zero attached hydrogens (tertiary/aromatic N) is 3. The van der Waals surface area contributed by atoms with Gasteiger partial charge in [0, 0.05) is 11.7 Å². The Kier molecular flexibility index (Phi) is 3.21. The van der Waals surface area contributed by atoms with Crippen LogP contribution in [0.5, 0.6) is 0 Å². The van der Waals surface area contributed by atoms with Gasteiger partial charge < -0.3 is 4.57 Å². The second-order valence-corrected chi connectivity index (χ2v) is 4.94. The van der Waals surface area contributed by atoms with Crippen LogP contribution in [0.25, 0.3) is 0 Å². The lowest BCUT2D eigenvalue weighted by molar-refractivity contribution is 0.407. The molecule has 1 fully saturated rings. The van der Waals surface area contributed by atoms with Crippen LogP contribution in [0, 0.1) is 25.2 Å². The molecule has 2 unspecified atom stereocenters. The van der Waals surface area contributed by atoms with E-state index in [-0.39, 0.29) is 5.54 Å². The molecule has 0 spiro atoms. The van der Waals surface area contributed by atoms with Crippen molar-refractivity contribution in [3.05, 3.63) is 17.7 Å². The van der Waals surface area contributed by atoms with Gasteiger partial charge in [0.2, 0.25) is 0 Å². The van der Waals surface area contributed by atoms with Crippen LogP contribution in [0.2, 0.25) is 0 Å². The van der Waals surface area contributed by atoms with Gasteiger partial charge in [-0.05, 0) is 39.7 Å². The van der Waals surface area contributed by atoms with Crippen LogP contribution in [0.4, 0.5) is 0 Å². The third kappa shape index (κ3) is 2.07. The van der Waals surface area contributed by atoms with Crippen molar-refractivity contribution < 1.29 is 0 Å². The molecule has 4 heteroatoms. The topological polar surface area (TPSA) is 53.6 Å². The van der Waals surface area contributed by atoms with Gasteiger partial charge >= 0.3 is 0 Å². The van der Waals surface area contributed by atoms with Crippen molar-refractivity contribution in [1.82, 2.24) is 14.9 Å². The molecule has 2 atom stereocenters. The Bertz CT molecular complexity index is 443. The number of rotatable bonds is 3. The van der Waals surface area contributed by atoms with Gasteiger partial charge in [-0.25, -0.2) is 4.98 Å². The molecule has 1 aromatic rings. The summed E-state index contributed by atoms with van der Waals surface area (Å²) in [7, 11) is 0. The van der Waals surface area contributed by atoms with Gasteiger partial charge in [-0.15, -0.1) is 0 Å². The third-order valence-electron chi connectivity index (χ3n) is 3.90. The van der Waals surface area contributed by atoms with Crippen LogP contribution >= 0.6 is 0 Å². The van der Waals surface area contributed by atoms with Crippen LogP contribution in [0.3, 0.4) is 0 Å². The maximum absolute atomic E-state index is 9.35. The molecule has 1 saturated carbocycles. The maximum atomic E-state index is 9.35. The molecule has 2 rings (SSSR count). The van der Waals surface area contributed by atoms with Crippen molar-refractivity contribution >= 4 is 0 Å². The van der Waals surface area contributed by atoms with Crippen LogP contribution < -0.4 is 5.32 Å². The molecule has 1 heterocycles. The molecule has 1 aromatic heterocycles. The van der Waals surface area contributed by atoms with Gasteiger partial charge in [0.15, 0.2) is 0 Å². The normalized spacial score (nSPS) is 28.2. The lowest BCUT2D eigenvalue weighted by atomic mass is 9.99. The second kappa shape index (κ2) is 4.50. The van der Waals surface area contributed by atoms with Gasteiger partial charge in [0.25, 0.3) is 0 Å². The summed E-state index contributed by atoms with van der Waals surface area (Å²) in [4.78, 5) is 4.34. The molecule has 1 N–H and O–H groups in total. The van der Waals surface area contributed by atoms with Crippen LogP contribution in [0.15, 0.2) is 6.33 Å². The SMILES string of the molecule is CCNC1(C#N)CCC(n2cnc(C)c2C)C1. The molecule has 17 heavy (non-hydrogen) atoms. The Balaban J connectivity index is 2.18. The monoisotopic (exact) mass is 232 g/mol. The van der Waals surface area contributed by atoms with E-state index >= 15 is 0 Å². The first kappa shape index (κ1) is 12.1. The van der Waals surface area contributed by atoms with Crippen molar-refractivity contribution in [3.8, 4) is 6.07 Å². The zero-order valence-corrected chi connectivity index (χ0v) is 10.8. The average Bonchev–Trinajstić information content (AvgIpc) is 2.87. The molecule has 1 aliphatic rings. The fourth-order valence-electron chi connectivity index (χ4n) is 2.78. The lowest BCUT2D eigenvalue weighted by Gasteiger charge is -2.22. The van der Waals surface area contributed by atoms with Crippen molar-refractivity contribution in [1.29, 1.82) is 5.26 Å². The highest BCUT2D eigenvalue weighted by molar-refractivity contribution is 5.16. The molecule has 0 bridgehead atoms. The minimum Gasteiger partial charge on any atom is -0.331 e. The predicted octanol–water partition coefficient (Wildman–Crippen LogP) is 2.10. The Hall–Kier alpha value is -1.34. The number of aromatic nitrogens is 2. The Morgan fingerprint density at radius 2 is 2.41 bits per heavy atom. The van der Waals surface area contributed by atoms with Gasteiger partial charge in [-0.1, -0.05) is 6.92 Å². The summed E-state index contributed by atoms with van der Waals surface area (Å²) in [5, 5.41) is 12.7. The molecule has 4 nitrogen and oxygen atoms in total. The summed E-state index contributed by atoms with van der Waals surface area (Å²) >= 11 is 0. The van der Waals surface area contributed by atoms with Crippen LogP contribution in [0.1, 0.15) is 43.6 Å². The Morgan fingerprint density at radius 1 is 1.65 bits per heavy atom. The van der Waals surface area contributed by atoms with Crippen molar-refractivity contribution in [2.24, 2.45) is 0 Å². The minimum atomic E-state index is -0.329. The van der Waals surface area contributed by atoms with Gasteiger partial charge in [-0.3, -0.25) is 5.32 Å². The minimum absolute atomic E-state index is 0.329.